The summed E-state index contributed by atoms with van der Waals surface area (Å²) in [6, 6.07) is 0. The van der Waals surface area contributed by atoms with Crippen molar-refractivity contribution in [3.05, 3.63) is 0 Å². The molecule has 0 amide bonds. The Bertz CT molecular complexity index is 472. The summed E-state index contributed by atoms with van der Waals surface area (Å²) in [6.07, 6.45) is 13.4. The van der Waals surface area contributed by atoms with E-state index < -0.39 is 11.8 Å². The average Bonchev–Trinajstić information content (AvgIpc) is 2.87. The molecule has 0 aromatic carbocycles. The van der Waals surface area contributed by atoms with Crippen LogP contribution in [0.3, 0.4) is 0 Å². The Labute approximate surface area is 159 Å². The number of hydrogen-bond acceptors (Lipinski definition) is 5. The van der Waals surface area contributed by atoms with Gasteiger partial charge in [-0.15, -0.1) is 0 Å². The summed E-state index contributed by atoms with van der Waals surface area (Å²) in [5.74, 6) is 2.44. The van der Waals surface area contributed by atoms with Crippen LogP contribution in [0.2, 0.25) is 0 Å². The second-order valence-corrected chi connectivity index (χ2v) is 9.16. The number of nitrogens with zero attached hydrogens (tertiary/aromatic N) is 2. The zero-order valence-electron chi connectivity index (χ0n) is 16.8. The van der Waals surface area contributed by atoms with Crippen molar-refractivity contribution in [2.45, 2.75) is 89.3 Å². The van der Waals surface area contributed by atoms with E-state index in [0.29, 0.717) is 24.4 Å². The third-order valence-electron chi connectivity index (χ3n) is 7.10. The first-order chi connectivity index (χ1) is 12.5. The van der Waals surface area contributed by atoms with Gasteiger partial charge in [0.25, 0.3) is 0 Å². The lowest BCUT2D eigenvalue weighted by Gasteiger charge is -2.36. The highest BCUT2D eigenvalue weighted by molar-refractivity contribution is 5.80. The summed E-state index contributed by atoms with van der Waals surface area (Å²) in [6.45, 7) is 3.56. The Morgan fingerprint density at radius 3 is 2.35 bits per heavy atom. The zero-order chi connectivity index (χ0) is 18.6. The first kappa shape index (κ1) is 19.9. The van der Waals surface area contributed by atoms with Gasteiger partial charge in [0, 0.05) is 13.7 Å². The van der Waals surface area contributed by atoms with Gasteiger partial charge in [0.05, 0.1) is 6.61 Å². The highest BCUT2D eigenvalue weighted by Gasteiger charge is 2.47. The molecule has 1 aliphatic heterocycles. The number of aliphatic hydroxyl groups excluding tert-OH is 1. The monoisotopic (exact) mass is 365 g/mol. The first-order valence-electron chi connectivity index (χ1n) is 10.9. The fraction of sp³-hybridized carbons (Fsp3) is 0.952. The second kappa shape index (κ2) is 8.92. The molecular weight excluding hydrogens is 326 g/mol. The van der Waals surface area contributed by atoms with Gasteiger partial charge in [-0.1, -0.05) is 71.1 Å². The van der Waals surface area contributed by atoms with Crippen LogP contribution in [0.1, 0.15) is 77.6 Å². The molecule has 3 rings (SSSR count). The van der Waals surface area contributed by atoms with Gasteiger partial charge < -0.3 is 20.5 Å². The smallest absolute Gasteiger partial charge is 0.193 e. The van der Waals surface area contributed by atoms with Crippen molar-refractivity contribution in [1.29, 1.82) is 0 Å². The number of guanidine groups is 1. The number of aliphatic imine (C=N–C) groups is 1. The molecule has 0 bridgehead atoms. The molecular formula is C21H39N3O2. The molecule has 0 saturated heterocycles. The molecule has 3 aliphatic rings. The number of ether oxygens (including phenoxy) is 1. The number of likely N-dealkylation sites (N-methyl/N-ethyl adjacent to an activating group) is 1. The van der Waals surface area contributed by atoms with E-state index in [1.165, 1.54) is 64.2 Å². The zero-order valence-corrected chi connectivity index (χ0v) is 16.8. The molecule has 26 heavy (non-hydrogen) atoms. The lowest BCUT2D eigenvalue weighted by molar-refractivity contribution is -0.0482. The Balaban J connectivity index is 1.58. The summed E-state index contributed by atoms with van der Waals surface area (Å²) >= 11 is 0. The van der Waals surface area contributed by atoms with E-state index in [-0.39, 0.29) is 0 Å². The van der Waals surface area contributed by atoms with E-state index in [0.717, 1.165) is 18.9 Å². The fourth-order valence-corrected chi connectivity index (χ4v) is 5.32. The SMILES string of the molecule is CC(COCC1(CC2CCCCC2)N=C(N)N(C)C1O)C1CCCCC1. The third kappa shape index (κ3) is 4.53. The molecule has 150 valence electrons. The molecule has 0 aromatic rings. The first-order valence-corrected chi connectivity index (χ1v) is 10.9. The van der Waals surface area contributed by atoms with Gasteiger partial charge in [0.2, 0.25) is 0 Å². The van der Waals surface area contributed by atoms with Gasteiger partial charge in [-0.25, -0.2) is 4.99 Å². The minimum Gasteiger partial charge on any atom is -0.378 e. The van der Waals surface area contributed by atoms with Gasteiger partial charge in [-0.05, 0) is 24.2 Å². The number of nitrogens with two attached hydrogens (primary N) is 1. The predicted octanol–water partition coefficient (Wildman–Crippen LogP) is 3.51. The summed E-state index contributed by atoms with van der Waals surface area (Å²) < 4.78 is 6.20. The molecule has 3 N–H and O–H groups in total. The molecule has 0 aromatic heterocycles. The lowest BCUT2D eigenvalue weighted by atomic mass is 9.79. The van der Waals surface area contributed by atoms with E-state index in [2.05, 4.69) is 6.92 Å². The van der Waals surface area contributed by atoms with Crippen molar-refractivity contribution in [2.24, 2.45) is 28.5 Å². The minimum absolute atomic E-state index is 0.442. The van der Waals surface area contributed by atoms with E-state index in [1.807, 2.05) is 7.05 Å². The number of aliphatic hydroxyl groups is 1. The normalized spacial score (nSPS) is 32.7. The van der Waals surface area contributed by atoms with Crippen LogP contribution in [0.4, 0.5) is 0 Å². The third-order valence-corrected chi connectivity index (χ3v) is 7.10. The van der Waals surface area contributed by atoms with Crippen LogP contribution in [0, 0.1) is 17.8 Å². The van der Waals surface area contributed by atoms with Crippen LogP contribution < -0.4 is 5.73 Å². The Morgan fingerprint density at radius 2 is 1.77 bits per heavy atom. The van der Waals surface area contributed by atoms with Crippen molar-refractivity contribution in [1.82, 2.24) is 4.90 Å². The van der Waals surface area contributed by atoms with Gasteiger partial charge >= 0.3 is 0 Å². The summed E-state index contributed by atoms with van der Waals surface area (Å²) in [5, 5.41) is 10.9. The van der Waals surface area contributed by atoms with Crippen LogP contribution in [-0.4, -0.2) is 48.0 Å². The van der Waals surface area contributed by atoms with Crippen molar-refractivity contribution in [3.63, 3.8) is 0 Å². The predicted molar refractivity (Wildman–Crippen MR) is 106 cm³/mol. The summed E-state index contributed by atoms with van der Waals surface area (Å²) in [4.78, 5) is 6.44. The fourth-order valence-electron chi connectivity index (χ4n) is 5.32. The highest BCUT2D eigenvalue weighted by atomic mass is 16.5. The molecule has 5 nitrogen and oxygen atoms in total. The quantitative estimate of drug-likeness (QED) is 0.724. The molecule has 5 heteroatoms. The Morgan fingerprint density at radius 1 is 1.15 bits per heavy atom. The van der Waals surface area contributed by atoms with Crippen LogP contribution in [0.25, 0.3) is 0 Å². The van der Waals surface area contributed by atoms with E-state index in [9.17, 15) is 5.11 Å². The van der Waals surface area contributed by atoms with Crippen molar-refractivity contribution < 1.29 is 9.84 Å². The topological polar surface area (TPSA) is 71.1 Å². The van der Waals surface area contributed by atoms with Crippen molar-refractivity contribution >= 4 is 5.96 Å². The van der Waals surface area contributed by atoms with Gasteiger partial charge in [0.1, 0.15) is 5.54 Å². The van der Waals surface area contributed by atoms with Gasteiger partial charge in [-0.3, -0.25) is 0 Å². The lowest BCUT2D eigenvalue weighted by Crippen LogP contribution is -2.50. The summed E-state index contributed by atoms with van der Waals surface area (Å²) in [7, 11) is 1.83. The molecule has 1 heterocycles. The second-order valence-electron chi connectivity index (χ2n) is 9.16. The number of rotatable bonds is 7. The van der Waals surface area contributed by atoms with Crippen molar-refractivity contribution in [3.8, 4) is 0 Å². The maximum atomic E-state index is 10.9. The standard InChI is InChI=1S/C21H39N3O2/c1-16(18-11-7-4-8-12-18)14-26-15-21(13-17-9-5-3-6-10-17)19(25)24(2)20(22)23-21/h16-19,25H,3-15H2,1-2H3,(H2,22,23). The largest absolute Gasteiger partial charge is 0.378 e. The van der Waals surface area contributed by atoms with Crippen LogP contribution in [0.5, 0.6) is 0 Å². The minimum atomic E-state index is -0.672. The van der Waals surface area contributed by atoms with Crippen LogP contribution in [-0.2, 0) is 4.74 Å². The number of hydrogen-bond donors (Lipinski definition) is 2. The maximum absolute atomic E-state index is 10.9. The Kier molecular flexibility index (Phi) is 6.84. The highest BCUT2D eigenvalue weighted by Crippen LogP contribution is 2.38. The van der Waals surface area contributed by atoms with Gasteiger partial charge in [0.15, 0.2) is 12.2 Å². The molecule has 3 unspecified atom stereocenters. The molecule has 2 aliphatic carbocycles. The van der Waals surface area contributed by atoms with E-state index >= 15 is 0 Å². The maximum Gasteiger partial charge on any atom is 0.193 e. The van der Waals surface area contributed by atoms with Gasteiger partial charge in [-0.2, -0.15) is 0 Å². The molecule has 0 radical (unpaired) electrons. The van der Waals surface area contributed by atoms with E-state index in [4.69, 9.17) is 15.5 Å². The van der Waals surface area contributed by atoms with Crippen LogP contribution >= 0.6 is 0 Å². The molecule has 2 fully saturated rings. The summed E-state index contributed by atoms with van der Waals surface area (Å²) in [5.41, 5.74) is 5.47. The molecule has 3 atom stereocenters. The van der Waals surface area contributed by atoms with Crippen molar-refractivity contribution in [2.75, 3.05) is 20.3 Å². The van der Waals surface area contributed by atoms with E-state index in [1.54, 1.807) is 4.90 Å². The average molecular weight is 366 g/mol. The molecule has 2 saturated carbocycles. The Hall–Kier alpha value is -0.810. The molecule has 0 spiro atoms. The van der Waals surface area contributed by atoms with Crippen LogP contribution in [0.15, 0.2) is 4.99 Å².